The highest BCUT2D eigenvalue weighted by Gasteiger charge is 1.87. The van der Waals surface area contributed by atoms with Crippen molar-refractivity contribution < 1.29 is 4.74 Å². The molecule has 0 heterocycles. The summed E-state index contributed by atoms with van der Waals surface area (Å²) in [5.74, 6) is 0. The molecule has 0 aromatic rings. The summed E-state index contributed by atoms with van der Waals surface area (Å²) in [4.78, 5) is 5.98. The Kier molecular flexibility index (Phi) is 9.26. The number of likely N-dealkylation sites (N-methyl/N-ethyl adjacent to an activating group) is 1. The molecule has 0 unspecified atom stereocenters. The molecule has 4 heteroatoms. The Labute approximate surface area is 97.8 Å². The Hall–Kier alpha value is -1.39. The molecule has 0 bridgehead atoms. The van der Waals surface area contributed by atoms with Gasteiger partial charge in [-0.25, -0.2) is 4.99 Å². The van der Waals surface area contributed by atoms with Crippen LogP contribution in [0.1, 0.15) is 0 Å². The molecule has 2 N–H and O–H groups in total. The first-order valence-electron chi connectivity index (χ1n) is 5.16. The molecule has 0 spiro atoms. The zero-order chi connectivity index (χ0) is 12.2. The van der Waals surface area contributed by atoms with Crippen LogP contribution >= 0.6 is 0 Å². The monoisotopic (exact) mass is 223 g/mol. The van der Waals surface area contributed by atoms with E-state index in [9.17, 15) is 0 Å². The quantitative estimate of drug-likeness (QED) is 0.291. The highest BCUT2D eigenvalue weighted by atomic mass is 16.5. The van der Waals surface area contributed by atoms with Gasteiger partial charge in [0.05, 0.1) is 25.2 Å². The minimum atomic E-state index is 0.598. The topological polar surface area (TPSA) is 50.8 Å². The summed E-state index contributed by atoms with van der Waals surface area (Å²) in [6, 6.07) is 0. The Morgan fingerprint density at radius 2 is 2.25 bits per heavy atom. The molecule has 0 rings (SSSR count). The van der Waals surface area contributed by atoms with Crippen LogP contribution in [-0.4, -0.2) is 45.1 Å². The first kappa shape index (κ1) is 14.6. The molecule has 0 saturated heterocycles. The SMILES string of the molecule is C=C/C(=C\C=C/COCCN(C)C)N=CN. The number of nitrogens with two attached hydrogens (primary N) is 1. The van der Waals surface area contributed by atoms with Crippen LogP contribution in [0.15, 0.2) is 41.6 Å². The standard InChI is InChI=1S/C12H21N3O/c1-4-12(14-11-13)7-5-6-9-16-10-8-15(2)3/h4-7,11H,1,8-10H2,2-3H3,(H2,13,14)/b6-5-,12-7+. The second-order valence-corrected chi connectivity index (χ2v) is 3.38. The third-order valence-electron chi connectivity index (χ3n) is 1.73. The molecule has 0 saturated carbocycles. The minimum absolute atomic E-state index is 0.598. The van der Waals surface area contributed by atoms with Crippen LogP contribution in [0, 0.1) is 0 Å². The molecule has 0 aliphatic heterocycles. The number of nitrogens with zero attached hydrogens (tertiary/aromatic N) is 2. The number of aliphatic imine (C=N–C) groups is 1. The van der Waals surface area contributed by atoms with Crippen molar-refractivity contribution >= 4 is 6.34 Å². The summed E-state index contributed by atoms with van der Waals surface area (Å²) in [5.41, 5.74) is 5.90. The molecule has 0 atom stereocenters. The van der Waals surface area contributed by atoms with Crippen molar-refractivity contribution in [1.82, 2.24) is 4.90 Å². The molecule has 0 fully saturated rings. The summed E-state index contributed by atoms with van der Waals surface area (Å²) < 4.78 is 5.37. The van der Waals surface area contributed by atoms with Crippen LogP contribution in [0.2, 0.25) is 0 Å². The fourth-order valence-electron chi connectivity index (χ4n) is 0.871. The van der Waals surface area contributed by atoms with Crippen molar-refractivity contribution in [2.75, 3.05) is 33.9 Å². The predicted octanol–water partition coefficient (Wildman–Crippen LogP) is 1.18. The average molecular weight is 223 g/mol. The zero-order valence-corrected chi connectivity index (χ0v) is 10.1. The third kappa shape index (κ3) is 9.18. The van der Waals surface area contributed by atoms with E-state index < -0.39 is 0 Å². The largest absolute Gasteiger partial charge is 0.390 e. The average Bonchev–Trinajstić information content (AvgIpc) is 2.26. The van der Waals surface area contributed by atoms with Gasteiger partial charge >= 0.3 is 0 Å². The van der Waals surface area contributed by atoms with Gasteiger partial charge in [0.1, 0.15) is 0 Å². The number of ether oxygens (including phenoxy) is 1. The summed E-state index contributed by atoms with van der Waals surface area (Å²) in [6.07, 6.45) is 8.51. The molecule has 90 valence electrons. The Balaban J connectivity index is 3.71. The minimum Gasteiger partial charge on any atom is -0.390 e. The molecule has 0 aliphatic carbocycles. The first-order chi connectivity index (χ1) is 7.70. The van der Waals surface area contributed by atoms with E-state index in [1.165, 1.54) is 6.34 Å². The van der Waals surface area contributed by atoms with Crippen LogP contribution in [-0.2, 0) is 4.74 Å². The fraction of sp³-hybridized carbons (Fsp3) is 0.417. The second kappa shape index (κ2) is 10.1. The van der Waals surface area contributed by atoms with Crippen LogP contribution in [0.5, 0.6) is 0 Å². The van der Waals surface area contributed by atoms with E-state index in [4.69, 9.17) is 10.5 Å². The lowest BCUT2D eigenvalue weighted by atomic mass is 10.3. The summed E-state index contributed by atoms with van der Waals surface area (Å²) >= 11 is 0. The molecule has 4 nitrogen and oxygen atoms in total. The maximum Gasteiger partial charge on any atom is 0.0860 e. The normalized spacial score (nSPS) is 13.1. The van der Waals surface area contributed by atoms with Gasteiger partial charge in [-0.1, -0.05) is 18.7 Å². The van der Waals surface area contributed by atoms with E-state index >= 15 is 0 Å². The van der Waals surface area contributed by atoms with Gasteiger partial charge in [-0.3, -0.25) is 0 Å². The van der Waals surface area contributed by atoms with E-state index in [-0.39, 0.29) is 0 Å². The molecule has 0 aliphatic rings. The number of hydrogen-bond donors (Lipinski definition) is 1. The third-order valence-corrected chi connectivity index (χ3v) is 1.73. The van der Waals surface area contributed by atoms with E-state index in [0.717, 1.165) is 18.8 Å². The van der Waals surface area contributed by atoms with E-state index in [1.54, 1.807) is 6.08 Å². The maximum atomic E-state index is 5.37. The van der Waals surface area contributed by atoms with Crippen molar-refractivity contribution in [2.45, 2.75) is 0 Å². The van der Waals surface area contributed by atoms with E-state index in [1.807, 2.05) is 32.3 Å². The van der Waals surface area contributed by atoms with Gasteiger partial charge in [0, 0.05) is 6.54 Å². The van der Waals surface area contributed by atoms with Gasteiger partial charge in [-0.15, -0.1) is 0 Å². The highest BCUT2D eigenvalue weighted by Crippen LogP contribution is 1.96. The van der Waals surface area contributed by atoms with Crippen LogP contribution in [0.3, 0.4) is 0 Å². The van der Waals surface area contributed by atoms with Gasteiger partial charge in [-0.2, -0.15) is 0 Å². The summed E-state index contributed by atoms with van der Waals surface area (Å²) in [7, 11) is 4.03. The highest BCUT2D eigenvalue weighted by molar-refractivity contribution is 5.54. The lowest BCUT2D eigenvalue weighted by Crippen LogP contribution is -2.17. The number of rotatable bonds is 8. The maximum absolute atomic E-state index is 5.37. The molecular weight excluding hydrogens is 202 g/mol. The van der Waals surface area contributed by atoms with Gasteiger partial charge in [0.15, 0.2) is 0 Å². The summed E-state index contributed by atoms with van der Waals surface area (Å²) in [6.45, 7) is 5.88. The van der Waals surface area contributed by atoms with Gasteiger partial charge < -0.3 is 15.4 Å². The first-order valence-corrected chi connectivity index (χ1v) is 5.16. The van der Waals surface area contributed by atoms with Gasteiger partial charge in [0.2, 0.25) is 0 Å². The molecule has 16 heavy (non-hydrogen) atoms. The Bertz CT molecular complexity index is 267. The van der Waals surface area contributed by atoms with Crippen molar-refractivity contribution in [1.29, 1.82) is 0 Å². The lowest BCUT2D eigenvalue weighted by molar-refractivity contribution is 0.142. The number of allylic oxidation sites excluding steroid dienone is 3. The molecule has 0 amide bonds. The molecule has 0 aromatic heterocycles. The van der Waals surface area contributed by atoms with E-state index in [2.05, 4.69) is 16.5 Å². The Morgan fingerprint density at radius 3 is 2.81 bits per heavy atom. The predicted molar refractivity (Wildman–Crippen MR) is 69.5 cm³/mol. The van der Waals surface area contributed by atoms with Crippen molar-refractivity contribution in [3.8, 4) is 0 Å². The molecule has 0 radical (unpaired) electrons. The molecular formula is C12H21N3O. The Morgan fingerprint density at radius 1 is 1.50 bits per heavy atom. The van der Waals surface area contributed by atoms with Crippen molar-refractivity contribution in [3.63, 3.8) is 0 Å². The molecule has 0 aromatic carbocycles. The van der Waals surface area contributed by atoms with Crippen molar-refractivity contribution in [2.24, 2.45) is 10.7 Å². The van der Waals surface area contributed by atoms with Crippen LogP contribution < -0.4 is 5.73 Å². The van der Waals surface area contributed by atoms with Crippen LogP contribution in [0.4, 0.5) is 0 Å². The van der Waals surface area contributed by atoms with E-state index in [0.29, 0.717) is 6.61 Å². The van der Waals surface area contributed by atoms with Gasteiger partial charge in [-0.05, 0) is 26.2 Å². The smallest absolute Gasteiger partial charge is 0.0860 e. The van der Waals surface area contributed by atoms with Crippen molar-refractivity contribution in [3.05, 3.63) is 36.6 Å². The lowest BCUT2D eigenvalue weighted by Gasteiger charge is -2.08. The summed E-state index contributed by atoms with van der Waals surface area (Å²) in [5, 5.41) is 0. The zero-order valence-electron chi connectivity index (χ0n) is 10.1. The second-order valence-electron chi connectivity index (χ2n) is 3.38. The fourth-order valence-corrected chi connectivity index (χ4v) is 0.871. The van der Waals surface area contributed by atoms with Crippen LogP contribution in [0.25, 0.3) is 0 Å². The van der Waals surface area contributed by atoms with Gasteiger partial charge in [0.25, 0.3) is 0 Å². The number of hydrogen-bond acceptors (Lipinski definition) is 3.